The van der Waals surface area contributed by atoms with E-state index in [-0.39, 0.29) is 0 Å². The normalized spacial score (nSPS) is 14.7. The van der Waals surface area contributed by atoms with Crippen LogP contribution in [0.2, 0.25) is 0 Å². The Bertz CT molecular complexity index is 553. The van der Waals surface area contributed by atoms with Crippen LogP contribution in [0.15, 0.2) is 30.7 Å². The summed E-state index contributed by atoms with van der Waals surface area (Å²) in [6.07, 6.45) is 4.98. The third-order valence-corrected chi connectivity index (χ3v) is 2.40. The summed E-state index contributed by atoms with van der Waals surface area (Å²) < 4.78 is 2.80. The van der Waals surface area contributed by atoms with Gasteiger partial charge in [-0.25, -0.2) is 4.98 Å². The highest BCUT2D eigenvalue weighted by Gasteiger charge is 2.16. The maximum absolute atomic E-state index is 11.3. The predicted molar refractivity (Wildman–Crippen MR) is 52.4 cm³/mol. The van der Waals surface area contributed by atoms with E-state index < -0.39 is 0 Å². The van der Waals surface area contributed by atoms with Gasteiger partial charge in [-0.1, -0.05) is 12.1 Å². The Kier molecular flexibility index (Phi) is 1.33. The molecule has 1 aliphatic rings. The number of rotatable bonds is 0. The molecule has 0 aliphatic carbocycles. The van der Waals surface area contributed by atoms with Gasteiger partial charge in [0.05, 0.1) is 17.2 Å². The monoisotopic (exact) mass is 186 g/mol. The maximum atomic E-state index is 11.3. The van der Waals surface area contributed by atoms with Gasteiger partial charge in [0, 0.05) is 15.2 Å². The summed E-state index contributed by atoms with van der Waals surface area (Å²) in [5.41, 5.74) is 2.98. The van der Waals surface area contributed by atoms with Gasteiger partial charge in [-0.05, 0) is 6.07 Å². The van der Waals surface area contributed by atoms with Crippen LogP contribution in [0, 0.1) is 4.91 Å². The highest BCUT2D eigenvalue weighted by Crippen LogP contribution is 2.20. The Hall–Kier alpha value is -1.97. The largest absolute Gasteiger partial charge is 0.299 e. The summed E-state index contributed by atoms with van der Waals surface area (Å²) in [6, 6.07) is 5.83. The molecule has 2 aromatic rings. The number of benzene rings is 1. The minimum absolute atomic E-state index is 0.388. The second-order valence-corrected chi connectivity index (χ2v) is 3.31. The van der Waals surface area contributed by atoms with E-state index in [2.05, 4.69) is 4.98 Å². The van der Waals surface area contributed by atoms with Crippen molar-refractivity contribution in [3.63, 3.8) is 0 Å². The average molecular weight is 186 g/mol. The van der Waals surface area contributed by atoms with E-state index in [0.717, 1.165) is 21.4 Å². The smallest absolute Gasteiger partial charge is 0.237 e. The number of hydrogen-bond donors (Lipinski definition) is 0. The Morgan fingerprint density at radius 3 is 3.29 bits per heavy atom. The average Bonchev–Trinajstić information content (AvgIpc) is 2.51. The molecule has 0 spiro atoms. The van der Waals surface area contributed by atoms with Crippen molar-refractivity contribution < 1.29 is 4.76 Å². The van der Waals surface area contributed by atoms with Crippen molar-refractivity contribution in [2.45, 2.75) is 6.54 Å². The van der Waals surface area contributed by atoms with Crippen LogP contribution in [-0.4, -0.2) is 14.3 Å². The van der Waals surface area contributed by atoms with Crippen LogP contribution in [0.4, 0.5) is 0 Å². The van der Waals surface area contributed by atoms with Crippen LogP contribution in [0.1, 0.15) is 5.56 Å². The van der Waals surface area contributed by atoms with Crippen molar-refractivity contribution >= 4 is 17.2 Å². The first-order chi connectivity index (χ1) is 6.84. The molecule has 1 aromatic heterocycles. The van der Waals surface area contributed by atoms with E-state index >= 15 is 0 Å². The number of para-hydroxylation sites is 1. The van der Waals surface area contributed by atoms with Crippen LogP contribution in [0.3, 0.4) is 0 Å². The molecule has 0 saturated carbocycles. The van der Waals surface area contributed by atoms with Gasteiger partial charge < -0.3 is 0 Å². The molecule has 1 aromatic carbocycles. The van der Waals surface area contributed by atoms with E-state index in [1.165, 1.54) is 6.20 Å². The summed E-state index contributed by atoms with van der Waals surface area (Å²) in [7, 11) is 0. The number of hydrogen-bond acceptors (Lipinski definition) is 2. The quantitative estimate of drug-likeness (QED) is 0.588. The summed E-state index contributed by atoms with van der Waals surface area (Å²) in [5.74, 6) is 0. The number of aromatic nitrogens is 2. The first kappa shape index (κ1) is 7.44. The van der Waals surface area contributed by atoms with Crippen LogP contribution in [0.5, 0.6) is 0 Å². The second-order valence-electron chi connectivity index (χ2n) is 3.31. The molecular weight excluding hydrogens is 178 g/mol. The highest BCUT2D eigenvalue weighted by atomic mass is 16.3. The van der Waals surface area contributed by atoms with Crippen molar-refractivity contribution in [1.82, 2.24) is 9.55 Å². The number of nitroso groups, excluding NO2 is 1. The van der Waals surface area contributed by atoms with Crippen molar-refractivity contribution in [3.05, 3.63) is 41.2 Å². The van der Waals surface area contributed by atoms with Crippen molar-refractivity contribution in [3.8, 4) is 0 Å². The first-order valence-electron chi connectivity index (χ1n) is 4.41. The SMILES string of the molecule is O=[N+]1C=Cn2cnc3cccc(c32)C1. The van der Waals surface area contributed by atoms with Gasteiger partial charge in [0.2, 0.25) is 12.7 Å². The van der Waals surface area contributed by atoms with E-state index in [4.69, 9.17) is 0 Å². The van der Waals surface area contributed by atoms with Crippen LogP contribution in [0.25, 0.3) is 17.2 Å². The van der Waals surface area contributed by atoms with Gasteiger partial charge in [0.15, 0.2) is 0 Å². The van der Waals surface area contributed by atoms with Gasteiger partial charge in [-0.15, -0.1) is 0 Å². The van der Waals surface area contributed by atoms with E-state index in [0.29, 0.717) is 6.54 Å². The van der Waals surface area contributed by atoms with Crippen molar-refractivity contribution in [2.24, 2.45) is 0 Å². The molecule has 0 amide bonds. The maximum Gasteiger partial charge on any atom is 0.237 e. The molecular formula is C10H8N3O+. The lowest BCUT2D eigenvalue weighted by atomic mass is 10.2. The van der Waals surface area contributed by atoms with E-state index in [1.54, 1.807) is 12.5 Å². The molecule has 0 bridgehead atoms. The third-order valence-electron chi connectivity index (χ3n) is 2.40. The Balaban J connectivity index is 2.44. The Morgan fingerprint density at radius 1 is 1.43 bits per heavy atom. The lowest BCUT2D eigenvalue weighted by Gasteiger charge is -1.96. The third kappa shape index (κ3) is 0.907. The van der Waals surface area contributed by atoms with Crippen LogP contribution in [-0.2, 0) is 6.54 Å². The summed E-state index contributed by atoms with van der Waals surface area (Å²) in [4.78, 5) is 15.5. The zero-order valence-electron chi connectivity index (χ0n) is 7.42. The topological polar surface area (TPSA) is 37.9 Å². The van der Waals surface area contributed by atoms with Gasteiger partial charge in [-0.3, -0.25) is 4.57 Å². The molecule has 4 heteroatoms. The summed E-state index contributed by atoms with van der Waals surface area (Å²) in [6.45, 7) is 0.388. The highest BCUT2D eigenvalue weighted by molar-refractivity contribution is 5.81. The fraction of sp³-hybridized carbons (Fsp3) is 0.100. The Labute approximate surface area is 80.1 Å². The van der Waals surface area contributed by atoms with E-state index in [9.17, 15) is 4.91 Å². The molecule has 0 fully saturated rings. The zero-order valence-corrected chi connectivity index (χ0v) is 7.42. The summed E-state index contributed by atoms with van der Waals surface area (Å²) >= 11 is 0. The second kappa shape index (κ2) is 2.51. The molecule has 2 heterocycles. The standard InChI is InChI=1S/C10H8N3O/c14-13-5-4-12-7-11-9-3-1-2-8(6-13)10(9)12/h1-5,7H,6H2/q+1. The lowest BCUT2D eigenvalue weighted by molar-refractivity contribution is -0.494. The molecule has 0 saturated heterocycles. The predicted octanol–water partition coefficient (Wildman–Crippen LogP) is 1.76. The van der Waals surface area contributed by atoms with Crippen LogP contribution >= 0.6 is 0 Å². The van der Waals surface area contributed by atoms with Crippen LogP contribution < -0.4 is 0 Å². The fourth-order valence-electron chi connectivity index (χ4n) is 1.77. The molecule has 4 nitrogen and oxygen atoms in total. The van der Waals surface area contributed by atoms with E-state index in [1.807, 2.05) is 22.8 Å². The molecule has 68 valence electrons. The molecule has 3 rings (SSSR count). The summed E-state index contributed by atoms with van der Waals surface area (Å²) in [5, 5.41) is 0. The molecule has 1 aliphatic heterocycles. The van der Waals surface area contributed by atoms with Gasteiger partial charge >= 0.3 is 0 Å². The van der Waals surface area contributed by atoms with Gasteiger partial charge in [0.1, 0.15) is 6.33 Å². The first-order valence-corrected chi connectivity index (χ1v) is 4.41. The molecule has 0 radical (unpaired) electrons. The molecule has 0 atom stereocenters. The molecule has 14 heavy (non-hydrogen) atoms. The minimum Gasteiger partial charge on any atom is -0.299 e. The Morgan fingerprint density at radius 2 is 2.36 bits per heavy atom. The zero-order chi connectivity index (χ0) is 9.54. The lowest BCUT2D eigenvalue weighted by Crippen LogP contribution is -1.97. The van der Waals surface area contributed by atoms with Gasteiger partial charge in [-0.2, -0.15) is 0 Å². The van der Waals surface area contributed by atoms with Gasteiger partial charge in [0.25, 0.3) is 0 Å². The van der Waals surface area contributed by atoms with Crippen molar-refractivity contribution in [1.29, 1.82) is 0 Å². The number of imidazole rings is 1. The van der Waals surface area contributed by atoms with Crippen molar-refractivity contribution in [2.75, 3.05) is 0 Å². The molecule has 0 unspecified atom stereocenters. The number of nitrogens with zero attached hydrogens (tertiary/aromatic N) is 3. The fourth-order valence-corrected chi connectivity index (χ4v) is 1.77. The molecule has 0 N–H and O–H groups in total. The minimum atomic E-state index is 0.388.